The van der Waals surface area contributed by atoms with E-state index >= 15 is 0 Å². The minimum atomic E-state index is -0.872. The fraction of sp³-hybridized carbons (Fsp3) is 0.500. The molecule has 5 nitrogen and oxygen atoms in total. The average molecular weight is 266 g/mol. The van der Waals surface area contributed by atoms with Gasteiger partial charge in [-0.05, 0) is 31.0 Å². The first-order valence-corrected chi connectivity index (χ1v) is 6.40. The van der Waals surface area contributed by atoms with Crippen molar-refractivity contribution in [3.8, 4) is 5.75 Å². The molecule has 0 aliphatic rings. The van der Waals surface area contributed by atoms with Gasteiger partial charge in [-0.3, -0.25) is 4.79 Å². The van der Waals surface area contributed by atoms with Crippen LogP contribution in [0.15, 0.2) is 18.2 Å². The first-order valence-electron chi connectivity index (χ1n) is 6.40. The van der Waals surface area contributed by atoms with Gasteiger partial charge in [0.2, 0.25) is 0 Å². The third-order valence-corrected chi connectivity index (χ3v) is 3.36. The minimum absolute atomic E-state index is 0.205. The van der Waals surface area contributed by atoms with Crippen molar-refractivity contribution < 1.29 is 14.6 Å². The highest BCUT2D eigenvalue weighted by Crippen LogP contribution is 2.21. The van der Waals surface area contributed by atoms with Crippen molar-refractivity contribution in [3.05, 3.63) is 23.8 Å². The van der Waals surface area contributed by atoms with Crippen LogP contribution >= 0.6 is 0 Å². The molecule has 0 radical (unpaired) electrons. The van der Waals surface area contributed by atoms with Crippen molar-refractivity contribution in [2.75, 3.05) is 19.4 Å². The smallest absolute Gasteiger partial charge is 0.255 e. The Kier molecular flexibility index (Phi) is 5.18. The molecule has 4 N–H and O–H groups in total. The van der Waals surface area contributed by atoms with Gasteiger partial charge in [0.1, 0.15) is 5.75 Å². The zero-order chi connectivity index (χ0) is 14.5. The fourth-order valence-electron chi connectivity index (χ4n) is 1.74. The second-order valence-corrected chi connectivity index (χ2v) is 4.57. The summed E-state index contributed by atoms with van der Waals surface area (Å²) in [6, 6.07) is 4.88. The van der Waals surface area contributed by atoms with Crippen LogP contribution < -0.4 is 15.8 Å². The molecule has 1 amide bonds. The number of carbonyl (C=O) groups excluding carboxylic acids is 1. The van der Waals surface area contributed by atoms with Crippen molar-refractivity contribution in [2.24, 2.45) is 0 Å². The predicted octanol–water partition coefficient (Wildman–Crippen LogP) is 1.56. The second-order valence-electron chi connectivity index (χ2n) is 4.57. The number of nitrogens with one attached hydrogen (secondary N) is 1. The topological polar surface area (TPSA) is 84.6 Å². The number of anilines is 1. The third kappa shape index (κ3) is 3.86. The molecule has 0 bridgehead atoms. The molecule has 1 aromatic carbocycles. The maximum atomic E-state index is 12.1. The van der Waals surface area contributed by atoms with E-state index in [0.717, 1.165) is 0 Å². The summed E-state index contributed by atoms with van der Waals surface area (Å²) < 4.78 is 5.13. The number of nitrogen functional groups attached to an aromatic ring is 1. The van der Waals surface area contributed by atoms with E-state index in [-0.39, 0.29) is 12.5 Å². The van der Waals surface area contributed by atoms with Gasteiger partial charge < -0.3 is 20.9 Å². The molecule has 0 fully saturated rings. The summed E-state index contributed by atoms with van der Waals surface area (Å²) in [5.41, 5.74) is 5.66. The predicted molar refractivity (Wildman–Crippen MR) is 75.3 cm³/mol. The molecule has 0 atom stereocenters. The molecule has 0 aliphatic heterocycles. The Morgan fingerprint density at radius 3 is 2.58 bits per heavy atom. The number of carbonyl (C=O) groups is 1. The van der Waals surface area contributed by atoms with Crippen molar-refractivity contribution in [1.82, 2.24) is 5.32 Å². The van der Waals surface area contributed by atoms with Crippen molar-refractivity contribution in [2.45, 2.75) is 32.3 Å². The summed E-state index contributed by atoms with van der Waals surface area (Å²) in [5, 5.41) is 12.9. The molecule has 1 rings (SSSR count). The Bertz CT molecular complexity index is 442. The Balaban J connectivity index is 2.81. The van der Waals surface area contributed by atoms with Gasteiger partial charge in [0.15, 0.2) is 0 Å². The van der Waals surface area contributed by atoms with Gasteiger partial charge in [0.25, 0.3) is 5.91 Å². The lowest BCUT2D eigenvalue weighted by Crippen LogP contribution is -2.42. The van der Waals surface area contributed by atoms with Crippen LogP contribution in [0, 0.1) is 0 Å². The zero-order valence-corrected chi connectivity index (χ0v) is 11.7. The van der Waals surface area contributed by atoms with Crippen LogP contribution in [0.5, 0.6) is 5.75 Å². The largest absolute Gasteiger partial charge is 0.496 e. The molecule has 0 aromatic heterocycles. The molecule has 106 valence electrons. The first-order chi connectivity index (χ1) is 8.95. The lowest BCUT2D eigenvalue weighted by Gasteiger charge is -2.25. The number of aliphatic hydroxyl groups is 1. The number of hydrogen-bond donors (Lipinski definition) is 3. The van der Waals surface area contributed by atoms with Gasteiger partial charge >= 0.3 is 0 Å². The standard InChI is InChI=1S/C14H22N2O3/c1-4-14(18,5-2)9-16-13(17)11-8-10(15)6-7-12(11)19-3/h6-8,18H,4-5,9,15H2,1-3H3,(H,16,17). The van der Waals surface area contributed by atoms with Crippen LogP contribution in [0.2, 0.25) is 0 Å². The van der Waals surface area contributed by atoms with E-state index in [0.29, 0.717) is 29.8 Å². The molecule has 0 saturated heterocycles. The van der Waals surface area contributed by atoms with Crippen LogP contribution in [-0.4, -0.2) is 30.3 Å². The summed E-state index contributed by atoms with van der Waals surface area (Å²) in [7, 11) is 1.50. The Morgan fingerprint density at radius 2 is 2.05 bits per heavy atom. The van der Waals surface area contributed by atoms with Crippen LogP contribution in [0.1, 0.15) is 37.0 Å². The number of benzene rings is 1. The summed E-state index contributed by atoms with van der Waals surface area (Å²) in [6.45, 7) is 3.98. The van der Waals surface area contributed by atoms with Crippen LogP contribution in [0.3, 0.4) is 0 Å². The number of methoxy groups -OCH3 is 1. The average Bonchev–Trinajstić information content (AvgIpc) is 2.44. The molecule has 0 saturated carbocycles. The van der Waals surface area contributed by atoms with Gasteiger partial charge in [-0.25, -0.2) is 0 Å². The lowest BCUT2D eigenvalue weighted by molar-refractivity contribution is 0.0313. The maximum Gasteiger partial charge on any atom is 0.255 e. The number of nitrogens with two attached hydrogens (primary N) is 1. The Morgan fingerprint density at radius 1 is 1.42 bits per heavy atom. The van der Waals surface area contributed by atoms with Gasteiger partial charge in [0.05, 0.1) is 18.3 Å². The van der Waals surface area contributed by atoms with E-state index in [9.17, 15) is 9.90 Å². The highest BCUT2D eigenvalue weighted by atomic mass is 16.5. The van der Waals surface area contributed by atoms with Crippen LogP contribution in [0.4, 0.5) is 5.69 Å². The molecular formula is C14H22N2O3. The summed E-state index contributed by atoms with van der Waals surface area (Å²) in [4.78, 5) is 12.1. The molecule has 0 unspecified atom stereocenters. The minimum Gasteiger partial charge on any atom is -0.496 e. The number of rotatable bonds is 6. The summed E-state index contributed by atoms with van der Waals surface area (Å²) in [5.74, 6) is 0.160. The van der Waals surface area contributed by atoms with E-state index in [1.54, 1.807) is 18.2 Å². The summed E-state index contributed by atoms with van der Waals surface area (Å²) >= 11 is 0. The van der Waals surface area contributed by atoms with Gasteiger partial charge in [-0.15, -0.1) is 0 Å². The van der Waals surface area contributed by atoms with Crippen LogP contribution in [-0.2, 0) is 0 Å². The molecule has 0 aliphatic carbocycles. The SMILES string of the molecule is CCC(O)(CC)CNC(=O)c1cc(N)ccc1OC. The monoisotopic (exact) mass is 266 g/mol. The highest BCUT2D eigenvalue weighted by Gasteiger charge is 2.23. The molecule has 0 heterocycles. The van der Waals surface area contributed by atoms with E-state index in [1.165, 1.54) is 7.11 Å². The van der Waals surface area contributed by atoms with Gasteiger partial charge in [-0.1, -0.05) is 13.8 Å². The van der Waals surface area contributed by atoms with Crippen molar-refractivity contribution in [1.29, 1.82) is 0 Å². The summed E-state index contributed by atoms with van der Waals surface area (Å²) in [6.07, 6.45) is 1.16. The molecular weight excluding hydrogens is 244 g/mol. The van der Waals surface area contributed by atoms with E-state index in [4.69, 9.17) is 10.5 Å². The molecule has 5 heteroatoms. The maximum absolute atomic E-state index is 12.1. The molecule has 19 heavy (non-hydrogen) atoms. The Hall–Kier alpha value is -1.75. The molecule has 0 spiro atoms. The first kappa shape index (κ1) is 15.3. The number of ether oxygens (including phenoxy) is 1. The zero-order valence-electron chi connectivity index (χ0n) is 11.7. The van der Waals surface area contributed by atoms with E-state index < -0.39 is 5.60 Å². The quantitative estimate of drug-likeness (QED) is 0.682. The second kappa shape index (κ2) is 6.43. The third-order valence-electron chi connectivity index (χ3n) is 3.36. The highest BCUT2D eigenvalue weighted by molar-refractivity contribution is 5.97. The van der Waals surface area contributed by atoms with Crippen LogP contribution in [0.25, 0.3) is 0 Å². The Labute approximate surface area is 113 Å². The number of amides is 1. The van der Waals surface area contributed by atoms with Crippen molar-refractivity contribution >= 4 is 11.6 Å². The normalized spacial score (nSPS) is 11.2. The fourth-order valence-corrected chi connectivity index (χ4v) is 1.74. The van der Waals surface area contributed by atoms with Gasteiger partial charge in [0, 0.05) is 12.2 Å². The van der Waals surface area contributed by atoms with E-state index in [1.807, 2.05) is 13.8 Å². The van der Waals surface area contributed by atoms with Crippen molar-refractivity contribution in [3.63, 3.8) is 0 Å². The number of hydrogen-bond acceptors (Lipinski definition) is 4. The molecule has 1 aromatic rings. The van der Waals surface area contributed by atoms with Gasteiger partial charge in [-0.2, -0.15) is 0 Å². The lowest BCUT2D eigenvalue weighted by atomic mass is 9.97. The van der Waals surface area contributed by atoms with E-state index in [2.05, 4.69) is 5.32 Å².